The van der Waals surface area contributed by atoms with Gasteiger partial charge in [0.15, 0.2) is 0 Å². The molecule has 118 valence electrons. The average Bonchev–Trinajstić information content (AvgIpc) is 2.95. The number of rotatable bonds is 3. The van der Waals surface area contributed by atoms with E-state index in [9.17, 15) is 8.42 Å². The Morgan fingerprint density at radius 3 is 2.64 bits per heavy atom. The lowest BCUT2D eigenvalue weighted by Crippen LogP contribution is -2.43. The summed E-state index contributed by atoms with van der Waals surface area (Å²) in [5.74, 6) is 0. The minimum absolute atomic E-state index is 0.365. The van der Waals surface area contributed by atoms with Gasteiger partial charge in [-0.2, -0.15) is 12.7 Å². The molecule has 0 aromatic heterocycles. The van der Waals surface area contributed by atoms with Crippen LogP contribution in [0.2, 0.25) is 5.02 Å². The van der Waals surface area contributed by atoms with Crippen molar-refractivity contribution in [1.82, 2.24) is 13.5 Å². The highest BCUT2D eigenvalue weighted by molar-refractivity contribution is 7.86. The fraction of sp³-hybridized carbons (Fsp3) is 0.333. The average molecular weight is 340 g/mol. The summed E-state index contributed by atoms with van der Waals surface area (Å²) in [4.78, 5) is 1.83. The zero-order valence-electron chi connectivity index (χ0n) is 12.3. The molecule has 0 fully saturated rings. The minimum atomic E-state index is -3.44. The monoisotopic (exact) mass is 339 g/mol. The molecule has 7 heteroatoms. The second-order valence-electron chi connectivity index (χ2n) is 5.44. The van der Waals surface area contributed by atoms with Gasteiger partial charge in [-0.05, 0) is 29.7 Å². The first-order valence-corrected chi connectivity index (χ1v) is 8.85. The van der Waals surface area contributed by atoms with Crippen LogP contribution >= 0.6 is 11.6 Å². The van der Waals surface area contributed by atoms with Crippen LogP contribution in [0.5, 0.6) is 0 Å². The number of hydrogen-bond donors (Lipinski definition) is 0. The fourth-order valence-electron chi connectivity index (χ4n) is 2.61. The van der Waals surface area contributed by atoms with E-state index >= 15 is 0 Å². The maximum Gasteiger partial charge on any atom is 0.305 e. The molecule has 22 heavy (non-hydrogen) atoms. The van der Waals surface area contributed by atoms with E-state index in [0.717, 1.165) is 11.1 Å². The summed E-state index contributed by atoms with van der Waals surface area (Å²) in [6.45, 7) is 1.23. The topological polar surface area (TPSA) is 43.9 Å². The predicted molar refractivity (Wildman–Crippen MR) is 88.1 cm³/mol. The largest absolute Gasteiger partial charge is 0.361 e. The molecule has 5 nitrogen and oxygen atoms in total. The quantitative estimate of drug-likeness (QED) is 0.849. The summed E-state index contributed by atoms with van der Waals surface area (Å²) in [6.07, 6.45) is 6.02. The summed E-state index contributed by atoms with van der Waals surface area (Å²) < 4.78 is 28.0. The van der Waals surface area contributed by atoms with Crippen molar-refractivity contribution >= 4 is 27.4 Å². The third-order valence-corrected chi connectivity index (χ3v) is 5.89. The van der Waals surface area contributed by atoms with E-state index in [1.807, 2.05) is 42.3 Å². The van der Waals surface area contributed by atoms with Gasteiger partial charge in [0.1, 0.15) is 6.67 Å². The SMILES string of the molecule is CN1C=CN(S(=O)(=O)N2CC=C(c3cccc(Cl)c3)CC2)C1. The van der Waals surface area contributed by atoms with Crippen LogP contribution in [0.1, 0.15) is 12.0 Å². The highest BCUT2D eigenvalue weighted by Gasteiger charge is 2.31. The Morgan fingerprint density at radius 2 is 2.05 bits per heavy atom. The van der Waals surface area contributed by atoms with Crippen LogP contribution in [0.15, 0.2) is 42.7 Å². The Labute approximate surface area is 136 Å². The molecule has 2 heterocycles. The molecule has 0 aliphatic carbocycles. The maximum absolute atomic E-state index is 12.6. The molecule has 0 atom stereocenters. The number of halogens is 1. The Balaban J connectivity index is 1.74. The molecule has 0 radical (unpaired) electrons. The number of nitrogens with zero attached hydrogens (tertiary/aromatic N) is 3. The summed E-state index contributed by atoms with van der Waals surface area (Å²) in [7, 11) is -1.59. The van der Waals surface area contributed by atoms with Crippen LogP contribution < -0.4 is 0 Å². The molecule has 0 saturated carbocycles. The molecule has 0 bridgehead atoms. The van der Waals surface area contributed by atoms with Crippen molar-refractivity contribution in [3.63, 3.8) is 0 Å². The van der Waals surface area contributed by atoms with E-state index in [-0.39, 0.29) is 0 Å². The Kier molecular flexibility index (Phi) is 4.16. The van der Waals surface area contributed by atoms with Gasteiger partial charge >= 0.3 is 10.2 Å². The van der Waals surface area contributed by atoms with Crippen LogP contribution in [0.3, 0.4) is 0 Å². The lowest BCUT2D eigenvalue weighted by atomic mass is 10.0. The van der Waals surface area contributed by atoms with Gasteiger partial charge < -0.3 is 4.90 Å². The highest BCUT2D eigenvalue weighted by Crippen LogP contribution is 2.26. The van der Waals surface area contributed by atoms with Crippen LogP contribution in [0, 0.1) is 0 Å². The van der Waals surface area contributed by atoms with Crippen LogP contribution in [-0.2, 0) is 10.2 Å². The Morgan fingerprint density at radius 1 is 1.23 bits per heavy atom. The first-order chi connectivity index (χ1) is 10.5. The predicted octanol–water partition coefficient (Wildman–Crippen LogP) is 2.35. The van der Waals surface area contributed by atoms with Gasteiger partial charge in [0, 0.05) is 37.6 Å². The van der Waals surface area contributed by atoms with Gasteiger partial charge in [0.05, 0.1) is 0 Å². The zero-order valence-corrected chi connectivity index (χ0v) is 13.9. The molecular formula is C15H18ClN3O2S. The first-order valence-electron chi connectivity index (χ1n) is 7.07. The highest BCUT2D eigenvalue weighted by atomic mass is 35.5. The zero-order chi connectivity index (χ0) is 15.7. The van der Waals surface area contributed by atoms with Crippen molar-refractivity contribution < 1.29 is 8.42 Å². The Hall–Kier alpha value is -1.50. The van der Waals surface area contributed by atoms with Crippen LogP contribution in [-0.4, -0.2) is 48.7 Å². The van der Waals surface area contributed by atoms with E-state index in [2.05, 4.69) is 0 Å². The molecule has 3 rings (SSSR count). The van der Waals surface area contributed by atoms with E-state index in [1.54, 1.807) is 12.4 Å². The van der Waals surface area contributed by atoms with E-state index < -0.39 is 10.2 Å². The second kappa shape index (κ2) is 5.95. The lowest BCUT2D eigenvalue weighted by molar-refractivity contribution is 0.346. The number of benzene rings is 1. The maximum atomic E-state index is 12.6. The molecule has 0 amide bonds. The van der Waals surface area contributed by atoms with E-state index in [4.69, 9.17) is 11.6 Å². The Bertz CT molecular complexity index is 730. The summed E-state index contributed by atoms with van der Waals surface area (Å²) in [5.41, 5.74) is 2.20. The third-order valence-electron chi connectivity index (χ3n) is 3.84. The van der Waals surface area contributed by atoms with Crippen molar-refractivity contribution in [2.75, 3.05) is 26.8 Å². The smallest absolute Gasteiger partial charge is 0.305 e. The first kappa shape index (κ1) is 15.4. The molecule has 0 saturated heterocycles. The molecule has 0 N–H and O–H groups in total. The van der Waals surface area contributed by atoms with Crippen molar-refractivity contribution in [3.05, 3.63) is 53.3 Å². The van der Waals surface area contributed by atoms with Crippen LogP contribution in [0.25, 0.3) is 5.57 Å². The van der Waals surface area contributed by atoms with Crippen molar-refractivity contribution in [2.45, 2.75) is 6.42 Å². The van der Waals surface area contributed by atoms with Crippen molar-refractivity contribution in [3.8, 4) is 0 Å². The minimum Gasteiger partial charge on any atom is -0.361 e. The van der Waals surface area contributed by atoms with Gasteiger partial charge in [-0.3, -0.25) is 0 Å². The molecule has 2 aliphatic rings. The standard InChI is InChI=1S/C15H18ClN3O2S/c1-17-9-10-19(12-17)22(20,21)18-7-5-13(6-8-18)14-3-2-4-15(16)11-14/h2-5,9-11H,6-8,12H2,1H3. The lowest BCUT2D eigenvalue weighted by Gasteiger charge is -2.30. The molecule has 2 aliphatic heterocycles. The molecule has 1 aromatic rings. The number of hydrogen-bond acceptors (Lipinski definition) is 3. The van der Waals surface area contributed by atoms with E-state index in [1.165, 1.54) is 8.61 Å². The summed E-state index contributed by atoms with van der Waals surface area (Å²) >= 11 is 6.01. The van der Waals surface area contributed by atoms with E-state index in [0.29, 0.717) is 31.2 Å². The molecule has 1 aromatic carbocycles. The van der Waals surface area contributed by atoms with Crippen LogP contribution in [0.4, 0.5) is 0 Å². The molecule has 0 unspecified atom stereocenters. The molecular weight excluding hydrogens is 322 g/mol. The van der Waals surface area contributed by atoms with Gasteiger partial charge in [-0.15, -0.1) is 0 Å². The fourth-order valence-corrected chi connectivity index (χ4v) is 4.22. The van der Waals surface area contributed by atoms with Crippen molar-refractivity contribution in [1.29, 1.82) is 0 Å². The summed E-state index contributed by atoms with van der Waals surface area (Å²) in [6, 6.07) is 7.66. The van der Waals surface area contributed by atoms with Gasteiger partial charge in [0.2, 0.25) is 0 Å². The van der Waals surface area contributed by atoms with Crippen molar-refractivity contribution in [2.24, 2.45) is 0 Å². The van der Waals surface area contributed by atoms with Gasteiger partial charge in [-0.25, -0.2) is 4.31 Å². The third kappa shape index (κ3) is 2.99. The second-order valence-corrected chi connectivity index (χ2v) is 7.76. The normalized spacial score (nSPS) is 19.6. The summed E-state index contributed by atoms with van der Waals surface area (Å²) in [5, 5.41) is 0.693. The molecule has 0 spiro atoms. The van der Waals surface area contributed by atoms with Gasteiger partial charge in [-0.1, -0.05) is 29.8 Å². The van der Waals surface area contributed by atoms with Gasteiger partial charge in [0.25, 0.3) is 0 Å².